The van der Waals surface area contributed by atoms with Gasteiger partial charge in [0.15, 0.2) is 0 Å². The largest absolute Gasteiger partial charge is 0.352 e. The minimum Gasteiger partial charge on any atom is -0.352 e. The number of nitrogens with zero attached hydrogens (tertiary/aromatic N) is 6. The number of nitrogens with one attached hydrogen (secondary N) is 1. The van der Waals surface area contributed by atoms with Crippen molar-refractivity contribution in [1.82, 2.24) is 29.4 Å². The number of amides is 1. The molecule has 5 rings (SSSR count). The fourth-order valence-electron chi connectivity index (χ4n) is 4.71. The third kappa shape index (κ3) is 3.95. The topological polar surface area (TPSA) is 97.9 Å². The molecule has 0 spiro atoms. The van der Waals surface area contributed by atoms with Crippen molar-refractivity contribution in [3.8, 4) is 0 Å². The molecule has 2 atom stereocenters. The van der Waals surface area contributed by atoms with E-state index in [1.165, 1.54) is 0 Å². The first-order valence-electron chi connectivity index (χ1n) is 10.7. The molecule has 0 saturated carbocycles. The summed E-state index contributed by atoms with van der Waals surface area (Å²) in [7, 11) is 0. The van der Waals surface area contributed by atoms with Crippen molar-refractivity contribution in [2.24, 2.45) is 5.92 Å². The van der Waals surface area contributed by atoms with Crippen LogP contribution in [-0.4, -0.2) is 49.6 Å². The second kappa shape index (κ2) is 8.33. The average molecular weight is 419 g/mol. The second-order valence-corrected chi connectivity index (χ2v) is 8.25. The Kier molecular flexibility index (Phi) is 5.23. The van der Waals surface area contributed by atoms with Crippen molar-refractivity contribution in [3.05, 3.63) is 70.9 Å². The molecule has 1 saturated heterocycles. The van der Waals surface area contributed by atoms with E-state index in [1.807, 2.05) is 27.5 Å². The van der Waals surface area contributed by atoms with Crippen LogP contribution in [0.2, 0.25) is 0 Å². The highest BCUT2D eigenvalue weighted by Gasteiger charge is 2.36. The summed E-state index contributed by atoms with van der Waals surface area (Å²) in [5.41, 5.74) is 1.02. The van der Waals surface area contributed by atoms with E-state index in [0.717, 1.165) is 44.1 Å². The zero-order valence-corrected chi connectivity index (χ0v) is 17.2. The monoisotopic (exact) mass is 419 g/mol. The quantitative estimate of drug-likeness (QED) is 0.605. The van der Waals surface area contributed by atoms with Gasteiger partial charge in [0.1, 0.15) is 5.56 Å². The Morgan fingerprint density at radius 1 is 1.13 bits per heavy atom. The van der Waals surface area contributed by atoms with Gasteiger partial charge in [-0.25, -0.2) is 15.0 Å². The lowest BCUT2D eigenvalue weighted by atomic mass is 9.83. The van der Waals surface area contributed by atoms with Gasteiger partial charge in [-0.3, -0.25) is 9.59 Å². The SMILES string of the molecule is O=C(NCCCn1ccnc1)c1ccc2n(c1=O)C[C@H]1C[C@@H]2CN(c2ncccn2)C1. The molecule has 160 valence electrons. The van der Waals surface area contributed by atoms with Crippen LogP contribution in [0.1, 0.15) is 34.8 Å². The number of hydrogen-bond acceptors (Lipinski definition) is 6. The summed E-state index contributed by atoms with van der Waals surface area (Å²) in [4.78, 5) is 40.7. The minimum atomic E-state index is -0.305. The molecule has 9 heteroatoms. The molecule has 0 aromatic carbocycles. The summed E-state index contributed by atoms with van der Waals surface area (Å²) in [5, 5.41) is 2.88. The Bertz CT molecular complexity index is 1110. The smallest absolute Gasteiger partial charge is 0.263 e. The lowest BCUT2D eigenvalue weighted by Crippen LogP contribution is -2.48. The fraction of sp³-hybridized carbons (Fsp3) is 0.409. The lowest BCUT2D eigenvalue weighted by molar-refractivity contribution is 0.0950. The Hall–Kier alpha value is -3.49. The molecule has 3 aromatic heterocycles. The summed E-state index contributed by atoms with van der Waals surface area (Å²) in [6.45, 7) is 3.50. The molecule has 1 fully saturated rings. The maximum Gasteiger partial charge on any atom is 0.263 e. The number of hydrogen-bond donors (Lipinski definition) is 1. The number of carbonyl (C=O) groups excluding carboxylic acids is 1. The molecule has 2 bridgehead atoms. The Labute approximate surface area is 179 Å². The van der Waals surface area contributed by atoms with Crippen LogP contribution in [0.15, 0.2) is 54.1 Å². The Morgan fingerprint density at radius 2 is 2.00 bits per heavy atom. The zero-order valence-electron chi connectivity index (χ0n) is 17.2. The highest BCUT2D eigenvalue weighted by molar-refractivity contribution is 5.93. The number of fused-ring (bicyclic) bond motifs is 4. The first-order chi connectivity index (χ1) is 15.2. The van der Waals surface area contributed by atoms with Crippen molar-refractivity contribution >= 4 is 11.9 Å². The molecular formula is C22H25N7O2. The maximum absolute atomic E-state index is 13.1. The molecule has 3 aromatic rings. The van der Waals surface area contributed by atoms with Gasteiger partial charge < -0.3 is 19.4 Å². The van der Waals surface area contributed by atoms with Crippen LogP contribution in [0.25, 0.3) is 0 Å². The van der Waals surface area contributed by atoms with E-state index in [1.54, 1.807) is 31.0 Å². The van der Waals surface area contributed by atoms with Crippen LogP contribution in [0.4, 0.5) is 5.95 Å². The van der Waals surface area contributed by atoms with Gasteiger partial charge in [-0.15, -0.1) is 0 Å². The first kappa shape index (κ1) is 19.5. The number of imidazole rings is 1. The molecule has 1 amide bonds. The normalized spacial score (nSPS) is 19.7. The van der Waals surface area contributed by atoms with Crippen LogP contribution in [0.3, 0.4) is 0 Å². The van der Waals surface area contributed by atoms with Crippen LogP contribution >= 0.6 is 0 Å². The maximum atomic E-state index is 13.1. The fourth-order valence-corrected chi connectivity index (χ4v) is 4.71. The molecule has 31 heavy (non-hydrogen) atoms. The Morgan fingerprint density at radius 3 is 2.81 bits per heavy atom. The van der Waals surface area contributed by atoms with Gasteiger partial charge >= 0.3 is 0 Å². The van der Waals surface area contributed by atoms with Crippen molar-refractivity contribution < 1.29 is 4.79 Å². The second-order valence-electron chi connectivity index (χ2n) is 8.25. The third-order valence-corrected chi connectivity index (χ3v) is 6.12. The van der Waals surface area contributed by atoms with Crippen molar-refractivity contribution in [2.45, 2.75) is 31.8 Å². The number of anilines is 1. The highest BCUT2D eigenvalue weighted by Crippen LogP contribution is 2.36. The number of carbonyl (C=O) groups is 1. The van der Waals surface area contributed by atoms with E-state index >= 15 is 0 Å². The van der Waals surface area contributed by atoms with Gasteiger partial charge in [0.05, 0.1) is 6.33 Å². The predicted molar refractivity (Wildman–Crippen MR) is 115 cm³/mol. The number of rotatable bonds is 6. The van der Waals surface area contributed by atoms with Gasteiger partial charge in [-0.1, -0.05) is 0 Å². The molecule has 9 nitrogen and oxygen atoms in total. The summed E-state index contributed by atoms with van der Waals surface area (Å²) in [5.74, 6) is 0.998. The molecule has 2 aliphatic heterocycles. The summed E-state index contributed by atoms with van der Waals surface area (Å²) in [6, 6.07) is 5.43. The lowest BCUT2D eigenvalue weighted by Gasteiger charge is -2.42. The van der Waals surface area contributed by atoms with Crippen molar-refractivity contribution in [2.75, 3.05) is 24.5 Å². The van der Waals surface area contributed by atoms with Gasteiger partial charge in [-0.05, 0) is 37.0 Å². The molecule has 2 aliphatic rings. The Balaban J connectivity index is 1.28. The number of aromatic nitrogens is 5. The minimum absolute atomic E-state index is 0.191. The van der Waals surface area contributed by atoms with Crippen molar-refractivity contribution in [3.63, 3.8) is 0 Å². The van der Waals surface area contributed by atoms with Gasteiger partial charge in [0.25, 0.3) is 11.5 Å². The van der Waals surface area contributed by atoms with E-state index in [2.05, 4.69) is 25.2 Å². The average Bonchev–Trinajstić information content (AvgIpc) is 3.31. The van der Waals surface area contributed by atoms with E-state index in [0.29, 0.717) is 19.0 Å². The van der Waals surface area contributed by atoms with Crippen LogP contribution < -0.4 is 15.8 Å². The predicted octanol–water partition coefficient (Wildman–Crippen LogP) is 1.28. The molecule has 0 unspecified atom stereocenters. The van der Waals surface area contributed by atoms with Gasteiger partial charge in [0.2, 0.25) is 5.95 Å². The molecule has 1 N–H and O–H groups in total. The summed E-state index contributed by atoms with van der Waals surface area (Å²) < 4.78 is 3.77. The van der Waals surface area contributed by atoms with Crippen LogP contribution in [0, 0.1) is 5.92 Å². The zero-order chi connectivity index (χ0) is 21.2. The third-order valence-electron chi connectivity index (χ3n) is 6.12. The van der Waals surface area contributed by atoms with Crippen molar-refractivity contribution in [1.29, 1.82) is 0 Å². The van der Waals surface area contributed by atoms with E-state index in [4.69, 9.17) is 0 Å². The molecular weight excluding hydrogens is 394 g/mol. The van der Waals surface area contributed by atoms with Crippen LogP contribution in [-0.2, 0) is 13.1 Å². The number of aryl methyl sites for hydroxylation is 1. The first-order valence-corrected chi connectivity index (χ1v) is 10.7. The highest BCUT2D eigenvalue weighted by atomic mass is 16.2. The summed E-state index contributed by atoms with van der Waals surface area (Å²) in [6.07, 6.45) is 10.7. The molecule has 0 aliphatic carbocycles. The molecule has 0 radical (unpaired) electrons. The van der Waals surface area contributed by atoms with E-state index in [-0.39, 0.29) is 22.9 Å². The number of pyridine rings is 1. The van der Waals surface area contributed by atoms with Gasteiger partial charge in [-0.2, -0.15) is 0 Å². The van der Waals surface area contributed by atoms with E-state index in [9.17, 15) is 9.59 Å². The molecule has 5 heterocycles. The van der Waals surface area contributed by atoms with Gasteiger partial charge in [0, 0.05) is 69.1 Å². The standard InChI is InChI=1S/C22H25N7O2/c30-20(24-7-2-9-27-10-8-23-15-27)18-3-4-19-17-11-16(13-29(19)21(18)31)12-28(14-17)22-25-5-1-6-26-22/h1,3-6,8,10,15-17H,2,7,9,11-14H2,(H,24,30)/t16-,17+/m0/s1. The van der Waals surface area contributed by atoms with E-state index < -0.39 is 0 Å². The number of piperidine rings is 1. The van der Waals surface area contributed by atoms with Crippen LogP contribution in [0.5, 0.6) is 0 Å². The summed E-state index contributed by atoms with van der Waals surface area (Å²) >= 11 is 0.